The van der Waals surface area contributed by atoms with Gasteiger partial charge in [0.1, 0.15) is 11.6 Å². The first kappa shape index (κ1) is 8.51. The lowest BCUT2D eigenvalue weighted by Crippen LogP contribution is -2.22. The molecule has 70 valence electrons. The molecule has 2 nitrogen and oxygen atoms in total. The third-order valence-electron chi connectivity index (χ3n) is 2.29. The largest absolute Gasteiger partial charge is 0.493 e. The standard InChI is InChI=1S/C10H12FNO/c1-6-4-7(11)10-8(12)2-3-13-9(10)5-6/h4-5,8H,2-3,12H2,1H3/t8-/m1/s1. The molecule has 0 fully saturated rings. The fraction of sp³-hybridized carbons (Fsp3) is 0.400. The molecule has 2 rings (SSSR count). The molecule has 1 atom stereocenters. The van der Waals surface area contributed by atoms with Crippen LogP contribution in [0.4, 0.5) is 4.39 Å². The van der Waals surface area contributed by atoms with E-state index in [1.165, 1.54) is 6.07 Å². The molecule has 0 unspecified atom stereocenters. The van der Waals surface area contributed by atoms with E-state index < -0.39 is 0 Å². The first-order chi connectivity index (χ1) is 6.18. The second-order valence-electron chi connectivity index (χ2n) is 3.40. The minimum atomic E-state index is -0.248. The smallest absolute Gasteiger partial charge is 0.131 e. The molecule has 0 bridgehead atoms. The van der Waals surface area contributed by atoms with Gasteiger partial charge in [0, 0.05) is 18.0 Å². The fourth-order valence-corrected chi connectivity index (χ4v) is 1.64. The van der Waals surface area contributed by atoms with Gasteiger partial charge in [-0.05, 0) is 24.6 Å². The molecule has 1 heterocycles. The second-order valence-corrected chi connectivity index (χ2v) is 3.40. The van der Waals surface area contributed by atoms with E-state index in [0.717, 1.165) is 5.56 Å². The molecule has 3 heteroatoms. The summed E-state index contributed by atoms with van der Waals surface area (Å²) in [6, 6.07) is 3.11. The third-order valence-corrected chi connectivity index (χ3v) is 2.29. The van der Waals surface area contributed by atoms with Crippen molar-refractivity contribution in [2.45, 2.75) is 19.4 Å². The van der Waals surface area contributed by atoms with Crippen molar-refractivity contribution in [2.24, 2.45) is 5.73 Å². The zero-order valence-electron chi connectivity index (χ0n) is 7.51. The molecule has 0 aliphatic carbocycles. The monoisotopic (exact) mass is 181 g/mol. The molecule has 0 spiro atoms. The lowest BCUT2D eigenvalue weighted by Gasteiger charge is -2.23. The summed E-state index contributed by atoms with van der Waals surface area (Å²) in [4.78, 5) is 0. The van der Waals surface area contributed by atoms with Crippen LogP contribution in [-0.2, 0) is 0 Å². The highest BCUT2D eigenvalue weighted by Crippen LogP contribution is 2.33. The van der Waals surface area contributed by atoms with Gasteiger partial charge in [0.25, 0.3) is 0 Å². The van der Waals surface area contributed by atoms with Crippen LogP contribution < -0.4 is 10.5 Å². The number of hydrogen-bond acceptors (Lipinski definition) is 2. The number of halogens is 1. The van der Waals surface area contributed by atoms with Crippen LogP contribution in [-0.4, -0.2) is 6.61 Å². The summed E-state index contributed by atoms with van der Waals surface area (Å²) < 4.78 is 18.8. The van der Waals surface area contributed by atoms with Crippen molar-refractivity contribution in [3.05, 3.63) is 29.1 Å². The average Bonchev–Trinajstić information content (AvgIpc) is 2.02. The third kappa shape index (κ3) is 1.40. The highest BCUT2D eigenvalue weighted by atomic mass is 19.1. The molecule has 1 aromatic rings. The number of rotatable bonds is 0. The summed E-state index contributed by atoms with van der Waals surface area (Å²) in [5.41, 5.74) is 7.17. The molecule has 0 saturated heterocycles. The highest BCUT2D eigenvalue weighted by molar-refractivity contribution is 5.41. The molecule has 0 radical (unpaired) electrons. The Morgan fingerprint density at radius 2 is 2.31 bits per heavy atom. The maximum absolute atomic E-state index is 13.4. The van der Waals surface area contributed by atoms with E-state index in [-0.39, 0.29) is 11.9 Å². The van der Waals surface area contributed by atoms with Crippen LogP contribution >= 0.6 is 0 Å². The molecule has 1 aliphatic heterocycles. The summed E-state index contributed by atoms with van der Waals surface area (Å²) in [7, 11) is 0. The van der Waals surface area contributed by atoms with E-state index >= 15 is 0 Å². The average molecular weight is 181 g/mol. The number of ether oxygens (including phenoxy) is 1. The van der Waals surface area contributed by atoms with Crippen LogP contribution in [0.2, 0.25) is 0 Å². The van der Waals surface area contributed by atoms with E-state index in [9.17, 15) is 4.39 Å². The first-order valence-electron chi connectivity index (χ1n) is 4.37. The minimum absolute atomic E-state index is 0.218. The van der Waals surface area contributed by atoms with Gasteiger partial charge in [-0.3, -0.25) is 0 Å². The fourth-order valence-electron chi connectivity index (χ4n) is 1.64. The van der Waals surface area contributed by atoms with Gasteiger partial charge in [-0.2, -0.15) is 0 Å². The van der Waals surface area contributed by atoms with Gasteiger partial charge in [-0.1, -0.05) is 0 Å². The van der Waals surface area contributed by atoms with Gasteiger partial charge in [0.05, 0.1) is 6.61 Å². The van der Waals surface area contributed by atoms with Gasteiger partial charge in [-0.25, -0.2) is 4.39 Å². The van der Waals surface area contributed by atoms with Crippen LogP contribution in [0, 0.1) is 12.7 Å². The maximum Gasteiger partial charge on any atom is 0.131 e. The number of hydrogen-bond donors (Lipinski definition) is 1. The van der Waals surface area contributed by atoms with Crippen molar-refractivity contribution in [1.82, 2.24) is 0 Å². The second kappa shape index (κ2) is 3.00. The van der Waals surface area contributed by atoms with Gasteiger partial charge >= 0.3 is 0 Å². The Morgan fingerprint density at radius 3 is 3.08 bits per heavy atom. The van der Waals surface area contributed by atoms with Gasteiger partial charge in [0.15, 0.2) is 0 Å². The van der Waals surface area contributed by atoms with Crippen LogP contribution in [0.3, 0.4) is 0 Å². The molecule has 2 N–H and O–H groups in total. The van der Waals surface area contributed by atoms with Crippen molar-refractivity contribution < 1.29 is 9.13 Å². The number of aryl methyl sites for hydroxylation is 1. The number of fused-ring (bicyclic) bond motifs is 1. The summed E-state index contributed by atoms with van der Waals surface area (Å²) in [5.74, 6) is 0.360. The molecule has 0 amide bonds. The highest BCUT2D eigenvalue weighted by Gasteiger charge is 2.22. The molecule has 1 aromatic carbocycles. The Labute approximate surface area is 76.5 Å². The summed E-state index contributed by atoms with van der Waals surface area (Å²) in [5, 5.41) is 0. The Kier molecular flexibility index (Phi) is 1.96. The van der Waals surface area contributed by atoms with E-state index in [2.05, 4.69) is 0 Å². The van der Waals surface area contributed by atoms with E-state index in [1.54, 1.807) is 0 Å². The van der Waals surface area contributed by atoms with Crippen molar-refractivity contribution in [2.75, 3.05) is 6.61 Å². The van der Waals surface area contributed by atoms with Crippen LogP contribution in [0.5, 0.6) is 5.75 Å². The summed E-state index contributed by atoms with van der Waals surface area (Å²) >= 11 is 0. The maximum atomic E-state index is 13.4. The Balaban J connectivity index is 2.56. The minimum Gasteiger partial charge on any atom is -0.493 e. The van der Waals surface area contributed by atoms with Crippen LogP contribution in [0.25, 0.3) is 0 Å². The lowest BCUT2D eigenvalue weighted by atomic mass is 9.99. The predicted molar refractivity (Wildman–Crippen MR) is 48.2 cm³/mol. The summed E-state index contributed by atoms with van der Waals surface area (Å²) in [6.45, 7) is 2.42. The van der Waals surface area contributed by atoms with Crippen LogP contribution in [0.15, 0.2) is 12.1 Å². The zero-order chi connectivity index (χ0) is 9.42. The molecule has 0 saturated carbocycles. The molecule has 1 aliphatic rings. The zero-order valence-corrected chi connectivity index (χ0v) is 7.51. The van der Waals surface area contributed by atoms with E-state index in [1.807, 2.05) is 13.0 Å². The van der Waals surface area contributed by atoms with Crippen molar-refractivity contribution in [3.8, 4) is 5.75 Å². The van der Waals surface area contributed by atoms with Gasteiger partial charge < -0.3 is 10.5 Å². The van der Waals surface area contributed by atoms with E-state index in [4.69, 9.17) is 10.5 Å². The molecule has 0 aromatic heterocycles. The normalized spacial score (nSPS) is 20.7. The first-order valence-corrected chi connectivity index (χ1v) is 4.37. The predicted octanol–water partition coefficient (Wildman–Crippen LogP) is 1.92. The van der Waals surface area contributed by atoms with Crippen LogP contribution in [0.1, 0.15) is 23.6 Å². The Morgan fingerprint density at radius 1 is 1.54 bits per heavy atom. The van der Waals surface area contributed by atoms with E-state index in [0.29, 0.717) is 24.3 Å². The summed E-state index contributed by atoms with van der Waals surface area (Å²) in [6.07, 6.45) is 0.687. The van der Waals surface area contributed by atoms with Crippen molar-refractivity contribution in [1.29, 1.82) is 0 Å². The Bertz CT molecular complexity index is 338. The van der Waals surface area contributed by atoms with Gasteiger partial charge in [0.2, 0.25) is 0 Å². The quantitative estimate of drug-likeness (QED) is 0.663. The number of nitrogens with two attached hydrogens (primary N) is 1. The van der Waals surface area contributed by atoms with Crippen molar-refractivity contribution >= 4 is 0 Å². The topological polar surface area (TPSA) is 35.2 Å². The Hall–Kier alpha value is -1.09. The molecular weight excluding hydrogens is 169 g/mol. The van der Waals surface area contributed by atoms with Gasteiger partial charge in [-0.15, -0.1) is 0 Å². The van der Waals surface area contributed by atoms with Crippen molar-refractivity contribution in [3.63, 3.8) is 0 Å². The SMILES string of the molecule is Cc1cc(F)c2c(c1)OCC[C@H]2N. The molecular formula is C10H12FNO. The lowest BCUT2D eigenvalue weighted by molar-refractivity contribution is 0.263. The molecule has 13 heavy (non-hydrogen) atoms. The number of benzene rings is 1.